The second-order valence-electron chi connectivity index (χ2n) is 6.65. The van der Waals surface area contributed by atoms with Gasteiger partial charge in [-0.2, -0.15) is 22.0 Å². The van der Waals surface area contributed by atoms with Crippen LogP contribution in [-0.4, -0.2) is 80.5 Å². The Balaban J connectivity index is 2.51. The Morgan fingerprint density at radius 2 is 1.70 bits per heavy atom. The zero-order chi connectivity index (χ0) is 25.1. The van der Waals surface area contributed by atoms with E-state index in [4.69, 9.17) is 14.6 Å². The van der Waals surface area contributed by atoms with Gasteiger partial charge in [-0.1, -0.05) is 12.1 Å². The number of hydrogen-bond acceptors (Lipinski definition) is 6. The second kappa shape index (κ2) is 13.1. The molecule has 1 rings (SSSR count). The van der Waals surface area contributed by atoms with Gasteiger partial charge in [0.05, 0.1) is 20.3 Å². The molecule has 0 aromatic heterocycles. The van der Waals surface area contributed by atoms with Crippen LogP contribution in [0, 0.1) is 0 Å². The van der Waals surface area contributed by atoms with Crippen molar-refractivity contribution in [3.05, 3.63) is 29.8 Å². The average molecular weight is 487 g/mol. The van der Waals surface area contributed by atoms with Crippen molar-refractivity contribution in [3.8, 4) is 5.75 Å². The minimum Gasteiger partial charge on any atom is -0.492 e. The van der Waals surface area contributed by atoms with E-state index < -0.39 is 37.1 Å². The molecule has 0 heterocycles. The lowest BCUT2D eigenvalue weighted by molar-refractivity contribution is -0.391. The molecule has 0 bridgehead atoms. The van der Waals surface area contributed by atoms with Crippen molar-refractivity contribution in [2.24, 2.45) is 0 Å². The maximum atomic E-state index is 12.7. The number of methoxy groups -OCH3 is 1. The molecule has 0 spiro atoms. The van der Waals surface area contributed by atoms with Gasteiger partial charge in [0.2, 0.25) is 0 Å². The van der Waals surface area contributed by atoms with E-state index in [1.54, 1.807) is 31.2 Å². The van der Waals surface area contributed by atoms with Gasteiger partial charge in [0.15, 0.2) is 6.10 Å². The Morgan fingerprint density at radius 3 is 2.21 bits per heavy atom. The summed E-state index contributed by atoms with van der Waals surface area (Å²) in [6.45, 7) is 0.764. The number of benzene rings is 1. The Bertz CT molecular complexity index is 743. The van der Waals surface area contributed by atoms with Crippen LogP contribution in [0.5, 0.6) is 5.75 Å². The number of hydrogen-bond donors (Lipinski definition) is 1. The maximum absolute atomic E-state index is 12.7. The van der Waals surface area contributed by atoms with E-state index >= 15 is 0 Å². The number of carboxylic acids is 1. The monoisotopic (exact) mass is 487 g/mol. The van der Waals surface area contributed by atoms with Crippen LogP contribution in [0.1, 0.15) is 18.9 Å². The lowest BCUT2D eigenvalue weighted by Gasteiger charge is -2.23. The predicted octanol–water partition coefficient (Wildman–Crippen LogP) is 3.73. The molecule has 13 heteroatoms. The standard InChI is InChI=1S/C20H26F5NO7/c1-3-31-16(17(27)28)13-14-5-7-15(8-6-14)32-12-10-26(18(29)30-2)9-4-11-33-20(24,25)19(21,22)23/h5-8,16H,3-4,9-13H2,1-2H3,(H,27,28). The topological polar surface area (TPSA) is 94.5 Å². The van der Waals surface area contributed by atoms with Crippen molar-refractivity contribution in [1.82, 2.24) is 4.90 Å². The Kier molecular flexibility index (Phi) is 11.3. The van der Waals surface area contributed by atoms with Crippen LogP contribution in [0.25, 0.3) is 0 Å². The molecule has 188 valence electrons. The molecule has 33 heavy (non-hydrogen) atoms. The molecule has 1 atom stereocenters. The number of rotatable bonds is 14. The van der Waals surface area contributed by atoms with Crippen LogP contribution >= 0.6 is 0 Å². The first-order valence-corrected chi connectivity index (χ1v) is 9.88. The molecule has 1 unspecified atom stereocenters. The molecule has 0 saturated heterocycles. The molecule has 1 N–H and O–H groups in total. The van der Waals surface area contributed by atoms with Gasteiger partial charge in [-0.05, 0) is 31.0 Å². The summed E-state index contributed by atoms with van der Waals surface area (Å²) in [5, 5.41) is 9.12. The number of aliphatic carboxylic acids is 1. The minimum absolute atomic E-state index is 0.0231. The first-order chi connectivity index (χ1) is 15.4. The fourth-order valence-electron chi connectivity index (χ4n) is 2.59. The van der Waals surface area contributed by atoms with E-state index in [2.05, 4.69) is 9.47 Å². The highest BCUT2D eigenvalue weighted by Crippen LogP contribution is 2.36. The van der Waals surface area contributed by atoms with Gasteiger partial charge in [-0.15, -0.1) is 0 Å². The molecule has 1 aromatic rings. The third-order valence-corrected chi connectivity index (χ3v) is 4.24. The first-order valence-electron chi connectivity index (χ1n) is 9.88. The molecular formula is C20H26F5NO7. The average Bonchev–Trinajstić information content (AvgIpc) is 2.74. The summed E-state index contributed by atoms with van der Waals surface area (Å²) in [5.41, 5.74) is 0.704. The quantitative estimate of drug-likeness (QED) is 0.316. The lowest BCUT2D eigenvalue weighted by Crippen LogP contribution is -2.40. The molecule has 0 saturated carbocycles. The predicted molar refractivity (Wildman–Crippen MR) is 104 cm³/mol. The third kappa shape index (κ3) is 9.78. The van der Waals surface area contributed by atoms with Crippen LogP contribution in [0.2, 0.25) is 0 Å². The van der Waals surface area contributed by atoms with Crippen molar-refractivity contribution >= 4 is 12.1 Å². The highest BCUT2D eigenvalue weighted by molar-refractivity contribution is 5.72. The fourth-order valence-corrected chi connectivity index (χ4v) is 2.59. The Hall–Kier alpha value is -2.67. The molecule has 1 aromatic carbocycles. The fraction of sp³-hybridized carbons (Fsp3) is 0.600. The molecule has 0 aliphatic heterocycles. The zero-order valence-electron chi connectivity index (χ0n) is 18.1. The van der Waals surface area contributed by atoms with Crippen molar-refractivity contribution in [2.75, 3.05) is 40.0 Å². The van der Waals surface area contributed by atoms with Gasteiger partial charge in [-0.25, -0.2) is 9.59 Å². The van der Waals surface area contributed by atoms with Crippen molar-refractivity contribution in [3.63, 3.8) is 0 Å². The van der Waals surface area contributed by atoms with Gasteiger partial charge >= 0.3 is 24.3 Å². The molecule has 0 aliphatic carbocycles. The van der Waals surface area contributed by atoms with Crippen LogP contribution in [-0.2, 0) is 25.4 Å². The Morgan fingerprint density at radius 1 is 1.06 bits per heavy atom. The van der Waals surface area contributed by atoms with E-state index in [9.17, 15) is 31.5 Å². The van der Waals surface area contributed by atoms with E-state index in [-0.39, 0.29) is 39.1 Å². The number of amides is 1. The molecule has 8 nitrogen and oxygen atoms in total. The molecular weight excluding hydrogens is 461 g/mol. The van der Waals surface area contributed by atoms with Crippen molar-refractivity contribution in [1.29, 1.82) is 0 Å². The number of nitrogens with zero attached hydrogens (tertiary/aromatic N) is 1. The van der Waals surface area contributed by atoms with Gasteiger partial charge in [-0.3, -0.25) is 0 Å². The van der Waals surface area contributed by atoms with E-state index in [0.717, 1.165) is 12.0 Å². The summed E-state index contributed by atoms with van der Waals surface area (Å²) >= 11 is 0. The summed E-state index contributed by atoms with van der Waals surface area (Å²) in [4.78, 5) is 24.0. The lowest BCUT2D eigenvalue weighted by atomic mass is 10.1. The number of ether oxygens (including phenoxy) is 4. The Labute approximate surface area is 187 Å². The van der Waals surface area contributed by atoms with E-state index in [1.165, 1.54) is 0 Å². The number of carbonyl (C=O) groups is 2. The molecule has 0 aliphatic rings. The largest absolute Gasteiger partial charge is 0.492 e. The number of halogens is 5. The van der Waals surface area contributed by atoms with Gasteiger partial charge in [0, 0.05) is 19.6 Å². The summed E-state index contributed by atoms with van der Waals surface area (Å²) in [6, 6.07) is 6.49. The molecule has 0 radical (unpaired) electrons. The minimum atomic E-state index is -5.82. The van der Waals surface area contributed by atoms with Crippen LogP contribution in [0.4, 0.5) is 26.7 Å². The highest BCUT2D eigenvalue weighted by atomic mass is 19.4. The van der Waals surface area contributed by atoms with Crippen molar-refractivity contribution < 1.29 is 55.6 Å². The number of carbonyl (C=O) groups excluding carboxylic acids is 1. The van der Waals surface area contributed by atoms with E-state index in [1.807, 2.05) is 0 Å². The van der Waals surface area contributed by atoms with Gasteiger partial charge in [0.1, 0.15) is 12.4 Å². The molecule has 0 fully saturated rings. The number of carboxylic acid groups (broad SMARTS) is 1. The third-order valence-electron chi connectivity index (χ3n) is 4.24. The summed E-state index contributed by atoms with van der Waals surface area (Å²) in [7, 11) is 1.09. The zero-order valence-corrected chi connectivity index (χ0v) is 18.1. The normalized spacial score (nSPS) is 12.8. The summed E-state index contributed by atoms with van der Waals surface area (Å²) in [6.07, 6.45) is -13.0. The SMILES string of the molecule is CCOC(Cc1ccc(OCCN(CCCOC(F)(F)C(F)(F)F)C(=O)OC)cc1)C(=O)O. The van der Waals surface area contributed by atoms with Crippen LogP contribution in [0.15, 0.2) is 24.3 Å². The van der Waals surface area contributed by atoms with Crippen LogP contribution < -0.4 is 4.74 Å². The van der Waals surface area contributed by atoms with Gasteiger partial charge in [0.25, 0.3) is 0 Å². The van der Waals surface area contributed by atoms with Crippen molar-refractivity contribution in [2.45, 2.75) is 38.2 Å². The maximum Gasteiger partial charge on any atom is 0.482 e. The molecule has 1 amide bonds. The number of alkyl halides is 5. The van der Waals surface area contributed by atoms with Crippen LogP contribution in [0.3, 0.4) is 0 Å². The summed E-state index contributed by atoms with van der Waals surface area (Å²) < 4.78 is 80.5. The van der Waals surface area contributed by atoms with Gasteiger partial charge < -0.3 is 29.0 Å². The second-order valence-corrected chi connectivity index (χ2v) is 6.65. The first kappa shape index (κ1) is 28.4. The highest BCUT2D eigenvalue weighted by Gasteiger charge is 2.59. The smallest absolute Gasteiger partial charge is 0.482 e. The van der Waals surface area contributed by atoms with E-state index in [0.29, 0.717) is 11.3 Å². The summed E-state index contributed by atoms with van der Waals surface area (Å²) in [5.74, 6) is -0.660.